The first-order valence-electron chi connectivity index (χ1n) is 7.19. The largest absolute Gasteiger partial charge is 0.550 e. The molecule has 0 aromatic heterocycles. The summed E-state index contributed by atoms with van der Waals surface area (Å²) in [5, 5.41) is 14.2. The Morgan fingerprint density at radius 1 is 1.10 bits per heavy atom. The number of hydrogen-bond acceptors (Lipinski definition) is 3. The first kappa shape index (κ1) is 13.2. The number of carboxylic acids is 1. The molecule has 106 valence electrons. The standard InChI is InChI=1S/C16H19NO3/c18-15(17-9-10-4-2-1-3-5-10)13-11-6-7-12(8-11)14(13)16(19)20/h1-5,11-14H,6-9H2,(H,17,18)(H,19,20)/p-1. The smallest absolute Gasteiger partial charge is 0.224 e. The first-order valence-corrected chi connectivity index (χ1v) is 7.19. The summed E-state index contributed by atoms with van der Waals surface area (Å²) in [6.45, 7) is 0.452. The lowest BCUT2D eigenvalue weighted by molar-refractivity contribution is -0.314. The van der Waals surface area contributed by atoms with Crippen LogP contribution in [0.3, 0.4) is 0 Å². The van der Waals surface area contributed by atoms with Crippen molar-refractivity contribution in [3.63, 3.8) is 0 Å². The van der Waals surface area contributed by atoms with Gasteiger partial charge in [-0.2, -0.15) is 0 Å². The number of aliphatic carboxylic acids is 1. The molecule has 3 rings (SSSR count). The van der Waals surface area contributed by atoms with Crippen LogP contribution in [0.15, 0.2) is 30.3 Å². The molecule has 0 aliphatic heterocycles. The fourth-order valence-corrected chi connectivity index (χ4v) is 3.91. The maximum absolute atomic E-state index is 12.3. The molecule has 4 unspecified atom stereocenters. The fraction of sp³-hybridized carbons (Fsp3) is 0.500. The molecule has 0 spiro atoms. The lowest BCUT2D eigenvalue weighted by Gasteiger charge is -2.30. The topological polar surface area (TPSA) is 69.2 Å². The average Bonchev–Trinajstić information content (AvgIpc) is 3.06. The van der Waals surface area contributed by atoms with Gasteiger partial charge in [-0.1, -0.05) is 30.3 Å². The third-order valence-corrected chi connectivity index (χ3v) is 4.80. The highest BCUT2D eigenvalue weighted by Crippen LogP contribution is 2.52. The van der Waals surface area contributed by atoms with E-state index in [2.05, 4.69) is 5.32 Å². The van der Waals surface area contributed by atoms with Crippen molar-refractivity contribution < 1.29 is 14.7 Å². The molecule has 2 aliphatic carbocycles. The third-order valence-electron chi connectivity index (χ3n) is 4.80. The van der Waals surface area contributed by atoms with Crippen LogP contribution < -0.4 is 10.4 Å². The van der Waals surface area contributed by atoms with E-state index in [1.807, 2.05) is 30.3 Å². The van der Waals surface area contributed by atoms with Crippen molar-refractivity contribution >= 4 is 11.9 Å². The number of carbonyl (C=O) groups is 2. The van der Waals surface area contributed by atoms with Gasteiger partial charge in [0.05, 0.1) is 0 Å². The van der Waals surface area contributed by atoms with Crippen LogP contribution in [-0.4, -0.2) is 11.9 Å². The Bertz CT molecular complexity index is 514. The van der Waals surface area contributed by atoms with Crippen molar-refractivity contribution in [1.29, 1.82) is 0 Å². The van der Waals surface area contributed by atoms with Crippen LogP contribution in [0.25, 0.3) is 0 Å². The second-order valence-corrected chi connectivity index (χ2v) is 5.91. The van der Waals surface area contributed by atoms with Gasteiger partial charge in [-0.05, 0) is 36.7 Å². The van der Waals surface area contributed by atoms with Crippen LogP contribution in [0, 0.1) is 23.7 Å². The number of carbonyl (C=O) groups excluding carboxylic acids is 2. The maximum atomic E-state index is 12.3. The molecule has 1 amide bonds. The van der Waals surface area contributed by atoms with E-state index in [-0.39, 0.29) is 17.7 Å². The Balaban J connectivity index is 1.66. The summed E-state index contributed by atoms with van der Waals surface area (Å²) in [6.07, 6.45) is 2.76. The van der Waals surface area contributed by atoms with Gasteiger partial charge in [0.1, 0.15) is 0 Å². The van der Waals surface area contributed by atoms with Crippen molar-refractivity contribution in [3.05, 3.63) is 35.9 Å². The molecule has 4 heteroatoms. The van der Waals surface area contributed by atoms with Crippen LogP contribution in [0.4, 0.5) is 0 Å². The van der Waals surface area contributed by atoms with Crippen LogP contribution in [0.2, 0.25) is 0 Å². The highest BCUT2D eigenvalue weighted by molar-refractivity contribution is 5.85. The minimum atomic E-state index is -1.06. The van der Waals surface area contributed by atoms with Crippen LogP contribution in [-0.2, 0) is 16.1 Å². The molecule has 20 heavy (non-hydrogen) atoms. The van der Waals surface area contributed by atoms with Crippen molar-refractivity contribution in [1.82, 2.24) is 5.32 Å². The maximum Gasteiger partial charge on any atom is 0.224 e. The molecular formula is C16H18NO3-. The molecule has 2 bridgehead atoms. The Morgan fingerprint density at radius 3 is 2.40 bits per heavy atom. The molecule has 2 saturated carbocycles. The Kier molecular flexibility index (Phi) is 3.47. The third kappa shape index (κ3) is 2.30. The summed E-state index contributed by atoms with van der Waals surface area (Å²) in [4.78, 5) is 23.6. The van der Waals surface area contributed by atoms with E-state index in [0.717, 1.165) is 24.8 Å². The molecule has 4 nitrogen and oxygen atoms in total. The average molecular weight is 272 g/mol. The zero-order valence-electron chi connectivity index (χ0n) is 11.2. The zero-order valence-corrected chi connectivity index (χ0v) is 11.2. The number of nitrogens with one attached hydrogen (secondary N) is 1. The van der Waals surface area contributed by atoms with Gasteiger partial charge in [-0.25, -0.2) is 0 Å². The molecule has 4 atom stereocenters. The summed E-state index contributed by atoms with van der Waals surface area (Å²) >= 11 is 0. The summed E-state index contributed by atoms with van der Waals surface area (Å²) in [5.74, 6) is -1.82. The van der Waals surface area contributed by atoms with Crippen LogP contribution in [0.5, 0.6) is 0 Å². The van der Waals surface area contributed by atoms with Gasteiger partial charge in [-0.3, -0.25) is 4.79 Å². The molecule has 0 heterocycles. The molecule has 0 radical (unpaired) electrons. The first-order chi connectivity index (χ1) is 9.66. The van der Waals surface area contributed by atoms with Gasteiger partial charge < -0.3 is 15.2 Å². The van der Waals surface area contributed by atoms with E-state index in [9.17, 15) is 14.7 Å². The van der Waals surface area contributed by atoms with Crippen molar-refractivity contribution in [2.45, 2.75) is 25.8 Å². The predicted octanol–water partition coefficient (Wildman–Crippen LogP) is 0.715. The zero-order chi connectivity index (χ0) is 14.1. The van der Waals surface area contributed by atoms with Gasteiger partial charge in [-0.15, -0.1) is 0 Å². The molecule has 2 aliphatic rings. The highest BCUT2D eigenvalue weighted by Gasteiger charge is 2.51. The minimum Gasteiger partial charge on any atom is -0.550 e. The van der Waals surface area contributed by atoms with Gasteiger partial charge in [0.25, 0.3) is 0 Å². The van der Waals surface area contributed by atoms with E-state index in [1.165, 1.54) is 0 Å². The monoisotopic (exact) mass is 272 g/mol. The van der Waals surface area contributed by atoms with E-state index in [0.29, 0.717) is 6.54 Å². The minimum absolute atomic E-state index is 0.129. The van der Waals surface area contributed by atoms with E-state index < -0.39 is 17.8 Å². The number of amides is 1. The second kappa shape index (κ2) is 5.27. The summed E-state index contributed by atoms with van der Waals surface area (Å²) < 4.78 is 0. The molecule has 2 fully saturated rings. The number of benzene rings is 1. The Hall–Kier alpha value is -1.84. The summed E-state index contributed by atoms with van der Waals surface area (Å²) in [6, 6.07) is 9.65. The summed E-state index contributed by atoms with van der Waals surface area (Å²) in [7, 11) is 0. The molecule has 1 N–H and O–H groups in total. The molecule has 1 aromatic carbocycles. The number of fused-ring (bicyclic) bond motifs is 2. The SMILES string of the molecule is O=C([O-])C1C2CCC(C2)C1C(=O)NCc1ccccc1. The lowest BCUT2D eigenvalue weighted by Crippen LogP contribution is -2.45. The van der Waals surface area contributed by atoms with Crippen molar-refractivity contribution in [2.75, 3.05) is 0 Å². The van der Waals surface area contributed by atoms with Crippen LogP contribution >= 0.6 is 0 Å². The molecular weight excluding hydrogens is 254 g/mol. The number of rotatable bonds is 4. The second-order valence-electron chi connectivity index (χ2n) is 5.91. The van der Waals surface area contributed by atoms with E-state index in [4.69, 9.17) is 0 Å². The summed E-state index contributed by atoms with van der Waals surface area (Å²) in [5.41, 5.74) is 1.02. The molecule has 0 saturated heterocycles. The number of hydrogen-bond donors (Lipinski definition) is 1. The Labute approximate surface area is 118 Å². The molecule has 1 aromatic rings. The van der Waals surface area contributed by atoms with Crippen molar-refractivity contribution in [3.8, 4) is 0 Å². The normalized spacial score (nSPS) is 31.2. The van der Waals surface area contributed by atoms with E-state index in [1.54, 1.807) is 0 Å². The predicted molar refractivity (Wildman–Crippen MR) is 71.1 cm³/mol. The van der Waals surface area contributed by atoms with Crippen LogP contribution in [0.1, 0.15) is 24.8 Å². The van der Waals surface area contributed by atoms with Gasteiger partial charge >= 0.3 is 0 Å². The highest BCUT2D eigenvalue weighted by atomic mass is 16.4. The number of carboxylic acid groups (broad SMARTS) is 1. The van der Waals surface area contributed by atoms with Gasteiger partial charge in [0.15, 0.2) is 0 Å². The lowest BCUT2D eigenvalue weighted by atomic mass is 9.78. The fourth-order valence-electron chi connectivity index (χ4n) is 3.91. The van der Waals surface area contributed by atoms with Gasteiger partial charge in [0, 0.05) is 24.3 Å². The van der Waals surface area contributed by atoms with Gasteiger partial charge in [0.2, 0.25) is 5.91 Å². The quantitative estimate of drug-likeness (QED) is 0.878. The Morgan fingerprint density at radius 2 is 1.75 bits per heavy atom. The van der Waals surface area contributed by atoms with E-state index >= 15 is 0 Å². The van der Waals surface area contributed by atoms with Crippen molar-refractivity contribution in [2.24, 2.45) is 23.7 Å².